The number of nitrogens with zero attached hydrogens (tertiary/aromatic N) is 3. The molecule has 3 aromatic rings. The predicted octanol–water partition coefficient (Wildman–Crippen LogP) is 3.31. The largest absolute Gasteiger partial charge is 0.497 e. The molecule has 0 aliphatic heterocycles. The summed E-state index contributed by atoms with van der Waals surface area (Å²) in [7, 11) is 1.63. The summed E-state index contributed by atoms with van der Waals surface area (Å²) in [4.78, 5) is 24.2. The van der Waals surface area contributed by atoms with Crippen LogP contribution in [-0.4, -0.2) is 39.4 Å². The molecule has 0 radical (unpaired) electrons. The molecule has 2 N–H and O–H groups in total. The van der Waals surface area contributed by atoms with E-state index in [1.165, 1.54) is 11.8 Å². The van der Waals surface area contributed by atoms with Gasteiger partial charge in [-0.25, -0.2) is 0 Å². The second-order valence-corrected chi connectivity index (χ2v) is 7.64. The number of rotatable bonds is 9. The molecule has 0 aliphatic carbocycles. The molecule has 2 aromatic carbocycles. The molecule has 3 rings (SSSR count). The summed E-state index contributed by atoms with van der Waals surface area (Å²) >= 11 is 1.28. The fraction of sp³-hybridized carbons (Fsp3) is 0.273. The molecule has 1 aromatic heterocycles. The van der Waals surface area contributed by atoms with Gasteiger partial charge in [-0.05, 0) is 42.8 Å². The monoisotopic (exact) mass is 439 g/mol. The molecule has 0 aliphatic rings. The molecule has 2 amide bonds. The molecule has 0 fully saturated rings. The normalized spacial score (nSPS) is 10.5. The Labute approximate surface area is 185 Å². The lowest BCUT2D eigenvalue weighted by Gasteiger charge is -2.10. The van der Waals surface area contributed by atoms with E-state index in [1.807, 2.05) is 34.9 Å². The highest BCUT2D eigenvalue weighted by molar-refractivity contribution is 7.99. The van der Waals surface area contributed by atoms with Crippen molar-refractivity contribution in [2.75, 3.05) is 12.9 Å². The number of nitrogens with one attached hydrogen (secondary N) is 2. The lowest BCUT2D eigenvalue weighted by Crippen LogP contribution is -2.42. The van der Waals surface area contributed by atoms with Crippen LogP contribution in [-0.2, 0) is 11.3 Å². The SMILES string of the molecule is CCCCn1c(SCC(=O)NNC(=O)c2ccccc2)nnc1-c1ccc(OC)cc1. The first-order chi connectivity index (χ1) is 15.1. The fourth-order valence-electron chi connectivity index (χ4n) is 2.82. The van der Waals surface area contributed by atoms with Crippen molar-refractivity contribution in [2.24, 2.45) is 0 Å². The molecule has 0 saturated carbocycles. The predicted molar refractivity (Wildman–Crippen MR) is 120 cm³/mol. The van der Waals surface area contributed by atoms with Crippen LogP contribution < -0.4 is 15.6 Å². The molecule has 0 bridgehead atoms. The van der Waals surface area contributed by atoms with Gasteiger partial charge in [0.1, 0.15) is 5.75 Å². The van der Waals surface area contributed by atoms with Gasteiger partial charge in [-0.2, -0.15) is 0 Å². The van der Waals surface area contributed by atoms with Gasteiger partial charge in [0.2, 0.25) is 5.91 Å². The Morgan fingerprint density at radius 1 is 1.03 bits per heavy atom. The van der Waals surface area contributed by atoms with Gasteiger partial charge in [0.05, 0.1) is 12.9 Å². The number of hydrogen-bond acceptors (Lipinski definition) is 6. The van der Waals surface area contributed by atoms with E-state index >= 15 is 0 Å². The molecule has 162 valence electrons. The number of thioether (sulfide) groups is 1. The minimum Gasteiger partial charge on any atom is -0.497 e. The minimum absolute atomic E-state index is 0.0991. The number of aromatic nitrogens is 3. The topological polar surface area (TPSA) is 98.1 Å². The van der Waals surface area contributed by atoms with Crippen molar-refractivity contribution in [1.82, 2.24) is 25.6 Å². The minimum atomic E-state index is -0.369. The van der Waals surface area contributed by atoms with Crippen LogP contribution in [0, 0.1) is 0 Å². The Morgan fingerprint density at radius 2 is 1.77 bits per heavy atom. The summed E-state index contributed by atoms with van der Waals surface area (Å²) < 4.78 is 7.24. The standard InChI is InChI=1S/C22H25N5O3S/c1-3-4-14-27-20(16-10-12-18(30-2)13-11-16)24-26-22(27)31-15-19(28)23-25-21(29)17-8-6-5-7-9-17/h5-13H,3-4,14-15H2,1-2H3,(H,23,28)(H,25,29). The molecule has 1 heterocycles. The maximum Gasteiger partial charge on any atom is 0.269 e. The van der Waals surface area contributed by atoms with Gasteiger partial charge in [-0.15, -0.1) is 10.2 Å². The third-order valence-corrected chi connectivity index (χ3v) is 5.45. The van der Waals surface area contributed by atoms with Gasteiger partial charge in [-0.1, -0.05) is 43.3 Å². The number of methoxy groups -OCH3 is 1. The number of amides is 2. The van der Waals surface area contributed by atoms with Crippen LogP contribution >= 0.6 is 11.8 Å². The van der Waals surface area contributed by atoms with Crippen LogP contribution in [0.2, 0.25) is 0 Å². The van der Waals surface area contributed by atoms with Crippen molar-refractivity contribution in [3.8, 4) is 17.1 Å². The number of benzene rings is 2. The lowest BCUT2D eigenvalue weighted by atomic mass is 10.2. The van der Waals surface area contributed by atoms with E-state index in [-0.39, 0.29) is 17.6 Å². The Morgan fingerprint density at radius 3 is 2.45 bits per heavy atom. The Kier molecular flexibility index (Phi) is 8.05. The molecule has 9 heteroatoms. The van der Waals surface area contributed by atoms with E-state index < -0.39 is 0 Å². The van der Waals surface area contributed by atoms with Crippen LogP contribution in [0.25, 0.3) is 11.4 Å². The lowest BCUT2D eigenvalue weighted by molar-refractivity contribution is -0.119. The summed E-state index contributed by atoms with van der Waals surface area (Å²) in [6, 6.07) is 16.3. The number of unbranched alkanes of at least 4 members (excludes halogenated alkanes) is 1. The van der Waals surface area contributed by atoms with Gasteiger partial charge in [0, 0.05) is 17.7 Å². The smallest absolute Gasteiger partial charge is 0.269 e. The quantitative estimate of drug-likeness (QED) is 0.392. The maximum absolute atomic E-state index is 12.2. The van der Waals surface area contributed by atoms with Gasteiger partial charge < -0.3 is 9.30 Å². The van der Waals surface area contributed by atoms with E-state index in [4.69, 9.17) is 4.74 Å². The molecule has 0 unspecified atom stereocenters. The first kappa shape index (κ1) is 22.4. The summed E-state index contributed by atoms with van der Waals surface area (Å²) in [5, 5.41) is 9.27. The van der Waals surface area contributed by atoms with Crippen molar-refractivity contribution in [3.63, 3.8) is 0 Å². The van der Waals surface area contributed by atoms with Crippen LogP contribution in [0.15, 0.2) is 59.8 Å². The number of hydrogen-bond donors (Lipinski definition) is 2. The molecule has 0 atom stereocenters. The third-order valence-electron chi connectivity index (χ3n) is 4.48. The van der Waals surface area contributed by atoms with E-state index in [0.717, 1.165) is 36.5 Å². The summed E-state index contributed by atoms with van der Waals surface area (Å²) in [6.45, 7) is 2.87. The van der Waals surface area contributed by atoms with Crippen molar-refractivity contribution >= 4 is 23.6 Å². The van der Waals surface area contributed by atoms with E-state index in [9.17, 15) is 9.59 Å². The summed E-state index contributed by atoms with van der Waals surface area (Å²) in [5.41, 5.74) is 6.25. The van der Waals surface area contributed by atoms with Crippen LogP contribution in [0.4, 0.5) is 0 Å². The second kappa shape index (κ2) is 11.2. The number of hydrazine groups is 1. The number of carbonyl (C=O) groups excluding carboxylic acids is 2. The van der Waals surface area contributed by atoms with E-state index in [2.05, 4.69) is 28.0 Å². The van der Waals surface area contributed by atoms with Crippen LogP contribution in [0.1, 0.15) is 30.1 Å². The second-order valence-electron chi connectivity index (χ2n) is 6.70. The summed E-state index contributed by atoms with van der Waals surface area (Å²) in [6.07, 6.45) is 1.99. The zero-order chi connectivity index (χ0) is 22.1. The van der Waals surface area contributed by atoms with E-state index in [0.29, 0.717) is 10.7 Å². The molecular formula is C22H25N5O3S. The average Bonchev–Trinajstić information content (AvgIpc) is 3.23. The zero-order valence-electron chi connectivity index (χ0n) is 17.5. The van der Waals surface area contributed by atoms with Gasteiger partial charge >= 0.3 is 0 Å². The highest BCUT2D eigenvalue weighted by atomic mass is 32.2. The Bertz CT molecular complexity index is 1010. The van der Waals surface area contributed by atoms with E-state index in [1.54, 1.807) is 31.4 Å². The van der Waals surface area contributed by atoms with Crippen molar-refractivity contribution in [3.05, 3.63) is 60.2 Å². The van der Waals surface area contributed by atoms with Crippen molar-refractivity contribution in [2.45, 2.75) is 31.5 Å². The van der Waals surface area contributed by atoms with Crippen LogP contribution in [0.5, 0.6) is 5.75 Å². The first-order valence-electron chi connectivity index (χ1n) is 9.97. The van der Waals surface area contributed by atoms with Crippen molar-refractivity contribution in [1.29, 1.82) is 0 Å². The maximum atomic E-state index is 12.2. The molecule has 31 heavy (non-hydrogen) atoms. The van der Waals surface area contributed by atoms with Gasteiger partial charge in [-0.3, -0.25) is 20.4 Å². The van der Waals surface area contributed by atoms with Crippen molar-refractivity contribution < 1.29 is 14.3 Å². The zero-order valence-corrected chi connectivity index (χ0v) is 18.3. The average molecular weight is 440 g/mol. The number of carbonyl (C=O) groups is 2. The Hall–Kier alpha value is -3.33. The van der Waals surface area contributed by atoms with Crippen LogP contribution in [0.3, 0.4) is 0 Å². The highest BCUT2D eigenvalue weighted by Crippen LogP contribution is 2.26. The highest BCUT2D eigenvalue weighted by Gasteiger charge is 2.16. The summed E-state index contributed by atoms with van der Waals surface area (Å²) in [5.74, 6) is 0.919. The number of ether oxygens (including phenoxy) is 1. The van der Waals surface area contributed by atoms with Gasteiger partial charge in [0.25, 0.3) is 5.91 Å². The third kappa shape index (κ3) is 6.08. The Balaban J connectivity index is 1.62. The fourth-order valence-corrected chi connectivity index (χ4v) is 3.59. The molecule has 8 nitrogen and oxygen atoms in total. The molecular weight excluding hydrogens is 414 g/mol. The molecule has 0 saturated heterocycles. The first-order valence-corrected chi connectivity index (χ1v) is 11.0. The molecule has 0 spiro atoms. The van der Waals surface area contributed by atoms with Gasteiger partial charge in [0.15, 0.2) is 11.0 Å².